The molecule has 5 aromatic carbocycles. The molecule has 0 saturated heterocycles. The lowest BCUT2D eigenvalue weighted by molar-refractivity contribution is -0.145. The van der Waals surface area contributed by atoms with Crippen molar-refractivity contribution in [3.63, 3.8) is 0 Å². The van der Waals surface area contributed by atoms with E-state index in [1.54, 1.807) is 41.7 Å². The predicted molar refractivity (Wildman–Crippen MR) is 152 cm³/mol. The monoisotopic (exact) mass is 588 g/mol. The molecular formula is C31H19BrF2O3S. The minimum absolute atomic E-state index is 0.0418. The molecule has 7 heteroatoms. The second-order valence-corrected chi connectivity index (χ2v) is 10.8. The lowest BCUT2D eigenvalue weighted by Crippen LogP contribution is -2.30. The molecule has 0 aliphatic rings. The minimum Gasteiger partial charge on any atom is -0.478 e. The number of fused-ring (bicyclic) bond motifs is 4. The van der Waals surface area contributed by atoms with Gasteiger partial charge in [-0.05, 0) is 50.5 Å². The summed E-state index contributed by atoms with van der Waals surface area (Å²) in [5, 5.41) is 13.3. The van der Waals surface area contributed by atoms with Crippen molar-refractivity contribution in [2.75, 3.05) is 0 Å². The lowest BCUT2D eigenvalue weighted by Gasteiger charge is -2.19. The highest BCUT2D eigenvalue weighted by molar-refractivity contribution is 9.11. The number of hydrogen-bond donors (Lipinski definition) is 1. The molecule has 0 aliphatic carbocycles. The zero-order valence-corrected chi connectivity index (χ0v) is 22.2. The van der Waals surface area contributed by atoms with E-state index < -0.39 is 29.5 Å². The Morgan fingerprint density at radius 1 is 0.868 bits per heavy atom. The molecule has 0 fully saturated rings. The number of carboxylic acids is 1. The Balaban J connectivity index is 1.58. The summed E-state index contributed by atoms with van der Waals surface area (Å²) in [5.41, 5.74) is 1.43. The van der Waals surface area contributed by atoms with Crippen LogP contribution in [0.5, 0.6) is 5.75 Å². The lowest BCUT2D eigenvalue weighted by atomic mass is 9.93. The van der Waals surface area contributed by atoms with Crippen molar-refractivity contribution in [2.24, 2.45) is 0 Å². The molecule has 1 N–H and O–H groups in total. The molecule has 1 heterocycles. The van der Waals surface area contributed by atoms with Gasteiger partial charge in [0.15, 0.2) is 23.5 Å². The number of benzene rings is 5. The molecule has 0 radical (unpaired) electrons. The number of carboxylic acid groups (broad SMARTS) is 1. The Bertz CT molecular complexity index is 1850. The van der Waals surface area contributed by atoms with E-state index in [9.17, 15) is 9.90 Å². The van der Waals surface area contributed by atoms with Crippen molar-refractivity contribution in [3.8, 4) is 16.9 Å². The molecular weight excluding hydrogens is 570 g/mol. The van der Waals surface area contributed by atoms with Crippen molar-refractivity contribution in [1.82, 2.24) is 0 Å². The van der Waals surface area contributed by atoms with Crippen LogP contribution < -0.4 is 4.74 Å². The van der Waals surface area contributed by atoms with Crippen LogP contribution in [0.25, 0.3) is 42.1 Å². The van der Waals surface area contributed by atoms with Gasteiger partial charge in [-0.25, -0.2) is 13.6 Å². The maximum absolute atomic E-state index is 16.3. The van der Waals surface area contributed by atoms with Gasteiger partial charge >= 0.3 is 5.97 Å². The van der Waals surface area contributed by atoms with E-state index in [1.165, 1.54) is 6.07 Å². The van der Waals surface area contributed by atoms with Crippen LogP contribution in [0.4, 0.5) is 8.78 Å². The Kier molecular flexibility index (Phi) is 6.33. The van der Waals surface area contributed by atoms with E-state index >= 15 is 8.78 Å². The summed E-state index contributed by atoms with van der Waals surface area (Å²) in [5.74, 6) is -3.91. The summed E-state index contributed by atoms with van der Waals surface area (Å²) in [7, 11) is 0. The van der Waals surface area contributed by atoms with Crippen LogP contribution in [0.15, 0.2) is 95.5 Å². The molecule has 1 atom stereocenters. The molecule has 38 heavy (non-hydrogen) atoms. The van der Waals surface area contributed by atoms with Gasteiger partial charge in [0.05, 0.1) is 4.70 Å². The van der Waals surface area contributed by atoms with Crippen LogP contribution in [-0.2, 0) is 11.2 Å². The fourth-order valence-electron chi connectivity index (χ4n) is 4.86. The highest BCUT2D eigenvalue weighted by Crippen LogP contribution is 2.49. The SMILES string of the molecule is O=C(O)[C@@H](Cc1ccccc1)Oc1c(F)ccc(-c2c3ccccc3c(Br)c3sc4ccccc4c23)c1F. The standard InChI is InChI=1S/C31H19BrF2O3S/c32-27-19-11-5-4-10-18(19)25(26-20-12-6-7-13-24(20)38-30(26)27)21-14-15-22(33)29(28(21)34)37-23(31(35)36)16-17-8-2-1-3-9-17/h1-15,23H,16H2,(H,35,36)/t23-/m1/s1. The number of aliphatic carboxylic acids is 1. The summed E-state index contributed by atoms with van der Waals surface area (Å²) >= 11 is 5.35. The minimum atomic E-state index is -1.47. The summed E-state index contributed by atoms with van der Waals surface area (Å²) < 4.78 is 39.8. The number of ether oxygens (including phenoxy) is 1. The van der Waals surface area contributed by atoms with Crippen molar-refractivity contribution in [3.05, 3.63) is 113 Å². The van der Waals surface area contributed by atoms with Crippen molar-refractivity contribution < 1.29 is 23.4 Å². The van der Waals surface area contributed by atoms with Gasteiger partial charge in [0.25, 0.3) is 0 Å². The normalized spacial score (nSPS) is 12.3. The van der Waals surface area contributed by atoms with Gasteiger partial charge in [0.1, 0.15) is 0 Å². The van der Waals surface area contributed by atoms with Gasteiger partial charge in [-0.3, -0.25) is 0 Å². The Morgan fingerprint density at radius 3 is 2.26 bits per heavy atom. The van der Waals surface area contributed by atoms with E-state index in [4.69, 9.17) is 4.74 Å². The zero-order valence-electron chi connectivity index (χ0n) is 19.8. The first kappa shape index (κ1) is 24.5. The fourth-order valence-corrected chi connectivity index (χ4v) is 6.81. The topological polar surface area (TPSA) is 46.5 Å². The number of rotatable bonds is 6. The maximum atomic E-state index is 16.3. The largest absolute Gasteiger partial charge is 0.478 e. The molecule has 0 spiro atoms. The summed E-state index contributed by atoms with van der Waals surface area (Å²) in [4.78, 5) is 12.0. The third-order valence-electron chi connectivity index (χ3n) is 6.60. The van der Waals surface area contributed by atoms with Crippen molar-refractivity contribution in [2.45, 2.75) is 12.5 Å². The van der Waals surface area contributed by atoms with E-state index in [0.29, 0.717) is 11.1 Å². The number of hydrogen-bond acceptors (Lipinski definition) is 3. The highest BCUT2D eigenvalue weighted by atomic mass is 79.9. The van der Waals surface area contributed by atoms with Crippen LogP contribution in [0, 0.1) is 11.6 Å². The molecule has 0 aliphatic heterocycles. The molecule has 0 amide bonds. The van der Waals surface area contributed by atoms with Crippen LogP contribution in [0.3, 0.4) is 0 Å². The van der Waals surface area contributed by atoms with Crippen LogP contribution in [0.1, 0.15) is 5.56 Å². The number of halogens is 3. The van der Waals surface area contributed by atoms with Gasteiger partial charge in [-0.1, -0.05) is 72.8 Å². The van der Waals surface area contributed by atoms with E-state index in [1.807, 2.05) is 48.5 Å². The predicted octanol–water partition coefficient (Wildman–Crippen LogP) is 8.99. The molecule has 0 saturated carbocycles. The summed E-state index contributed by atoms with van der Waals surface area (Å²) in [6, 6.07) is 26.9. The van der Waals surface area contributed by atoms with Gasteiger partial charge in [-0.15, -0.1) is 11.3 Å². The smallest absolute Gasteiger partial charge is 0.345 e. The van der Waals surface area contributed by atoms with Gasteiger partial charge in [-0.2, -0.15) is 0 Å². The quantitative estimate of drug-likeness (QED) is 0.211. The highest BCUT2D eigenvalue weighted by Gasteiger charge is 2.27. The van der Waals surface area contributed by atoms with Gasteiger partial charge in [0, 0.05) is 37.5 Å². The van der Waals surface area contributed by atoms with Crippen LogP contribution in [-0.4, -0.2) is 17.2 Å². The molecule has 0 bridgehead atoms. The Hall–Kier alpha value is -3.81. The number of thiophene rings is 1. The first-order chi connectivity index (χ1) is 18.4. The van der Waals surface area contributed by atoms with Gasteiger partial charge in [0.2, 0.25) is 0 Å². The molecule has 0 unspecified atom stereocenters. The Labute approximate surface area is 229 Å². The molecule has 6 aromatic rings. The fraction of sp³-hybridized carbons (Fsp3) is 0.0645. The first-order valence-electron chi connectivity index (χ1n) is 11.9. The molecule has 1 aromatic heterocycles. The third kappa shape index (κ3) is 4.12. The van der Waals surface area contributed by atoms with E-state index in [0.717, 1.165) is 41.5 Å². The second kappa shape index (κ2) is 9.82. The van der Waals surface area contributed by atoms with Gasteiger partial charge < -0.3 is 9.84 Å². The number of carbonyl (C=O) groups is 1. The zero-order chi connectivity index (χ0) is 26.4. The summed E-state index contributed by atoms with van der Waals surface area (Å²) in [6.45, 7) is 0. The molecule has 188 valence electrons. The summed E-state index contributed by atoms with van der Waals surface area (Å²) in [6.07, 6.45) is -1.51. The molecule has 6 rings (SSSR count). The van der Waals surface area contributed by atoms with E-state index in [2.05, 4.69) is 15.9 Å². The van der Waals surface area contributed by atoms with Crippen LogP contribution >= 0.6 is 27.3 Å². The van der Waals surface area contributed by atoms with E-state index in [-0.39, 0.29) is 12.0 Å². The Morgan fingerprint density at radius 2 is 1.53 bits per heavy atom. The maximum Gasteiger partial charge on any atom is 0.345 e. The first-order valence-corrected chi connectivity index (χ1v) is 13.5. The van der Waals surface area contributed by atoms with Crippen LogP contribution in [0.2, 0.25) is 0 Å². The third-order valence-corrected chi connectivity index (χ3v) is 8.87. The van der Waals surface area contributed by atoms with Crippen molar-refractivity contribution >= 4 is 64.2 Å². The average molecular weight is 589 g/mol. The second-order valence-electron chi connectivity index (χ2n) is 8.91. The van der Waals surface area contributed by atoms with Crippen molar-refractivity contribution in [1.29, 1.82) is 0 Å². The molecule has 3 nitrogen and oxygen atoms in total. The average Bonchev–Trinajstić information content (AvgIpc) is 3.32.